The number of aryl methyl sites for hydroxylation is 1. The number of rotatable bonds is 3. The molecule has 1 heterocycles. The monoisotopic (exact) mass is 375 g/mol. The number of methoxy groups -OCH3 is 2. The van der Waals surface area contributed by atoms with Crippen LogP contribution < -0.4 is 0 Å². The van der Waals surface area contributed by atoms with Gasteiger partial charge in [0.05, 0.1) is 25.4 Å². The number of para-hydroxylation sites is 1. The van der Waals surface area contributed by atoms with Gasteiger partial charge in [-0.25, -0.2) is 9.59 Å². The second kappa shape index (κ2) is 7.00. The summed E-state index contributed by atoms with van der Waals surface area (Å²) in [5.41, 5.74) is 4.49. The number of ether oxygens (including phenoxy) is 2. The van der Waals surface area contributed by atoms with Crippen molar-refractivity contribution in [3.8, 4) is 0 Å². The molecule has 3 aromatic rings. The highest BCUT2D eigenvalue weighted by atomic mass is 16.5. The van der Waals surface area contributed by atoms with Crippen molar-refractivity contribution < 1.29 is 19.1 Å². The first-order chi connectivity index (χ1) is 13.6. The van der Waals surface area contributed by atoms with Crippen LogP contribution in [0.1, 0.15) is 29.2 Å². The average molecular weight is 375 g/mol. The Labute approximate surface area is 163 Å². The normalized spacial score (nSPS) is 16.0. The van der Waals surface area contributed by atoms with E-state index < -0.39 is 11.9 Å². The summed E-state index contributed by atoms with van der Waals surface area (Å²) >= 11 is 0. The Morgan fingerprint density at radius 3 is 2.25 bits per heavy atom. The van der Waals surface area contributed by atoms with Crippen molar-refractivity contribution in [2.75, 3.05) is 14.2 Å². The van der Waals surface area contributed by atoms with Crippen LogP contribution in [-0.4, -0.2) is 30.7 Å². The van der Waals surface area contributed by atoms with Gasteiger partial charge in [0.25, 0.3) is 0 Å². The Morgan fingerprint density at radius 2 is 1.57 bits per heavy atom. The van der Waals surface area contributed by atoms with Crippen LogP contribution >= 0.6 is 0 Å². The summed E-state index contributed by atoms with van der Waals surface area (Å²) in [4.78, 5) is 25.4. The molecule has 1 aromatic heterocycles. The van der Waals surface area contributed by atoms with E-state index in [9.17, 15) is 9.59 Å². The molecule has 4 rings (SSSR count). The molecule has 0 spiro atoms. The second-order valence-electron chi connectivity index (χ2n) is 6.84. The number of aromatic nitrogens is 1. The van der Waals surface area contributed by atoms with Gasteiger partial charge in [0.1, 0.15) is 0 Å². The minimum absolute atomic E-state index is 0.0730. The van der Waals surface area contributed by atoms with E-state index in [1.165, 1.54) is 14.2 Å². The van der Waals surface area contributed by atoms with E-state index in [1.807, 2.05) is 61.6 Å². The Kier molecular flexibility index (Phi) is 4.51. The maximum absolute atomic E-state index is 12.8. The third kappa shape index (κ3) is 2.62. The molecular formula is C23H21NO4. The van der Waals surface area contributed by atoms with Crippen molar-refractivity contribution in [2.24, 2.45) is 7.05 Å². The summed E-state index contributed by atoms with van der Waals surface area (Å²) in [5, 5.41) is 0.919. The van der Waals surface area contributed by atoms with Gasteiger partial charge in [0.15, 0.2) is 0 Å². The van der Waals surface area contributed by atoms with Gasteiger partial charge in [0.2, 0.25) is 0 Å². The van der Waals surface area contributed by atoms with Crippen LogP contribution in [-0.2, 0) is 26.1 Å². The lowest BCUT2D eigenvalue weighted by Gasteiger charge is -2.27. The molecule has 0 aliphatic heterocycles. The summed E-state index contributed by atoms with van der Waals surface area (Å²) in [6.07, 6.45) is 0.373. The number of carbonyl (C=O) groups excluding carboxylic acids is 2. The molecule has 1 aliphatic carbocycles. The van der Waals surface area contributed by atoms with E-state index >= 15 is 0 Å². The van der Waals surface area contributed by atoms with Crippen molar-refractivity contribution in [1.29, 1.82) is 0 Å². The number of benzene rings is 2. The predicted octanol–water partition coefficient (Wildman–Crippen LogP) is 3.81. The molecule has 1 atom stereocenters. The lowest BCUT2D eigenvalue weighted by Crippen LogP contribution is -2.23. The zero-order valence-corrected chi connectivity index (χ0v) is 16.1. The van der Waals surface area contributed by atoms with Gasteiger partial charge in [0, 0.05) is 35.1 Å². The molecule has 0 N–H and O–H groups in total. The van der Waals surface area contributed by atoms with E-state index in [0.29, 0.717) is 17.6 Å². The quantitative estimate of drug-likeness (QED) is 0.653. The average Bonchev–Trinajstić information content (AvgIpc) is 3.05. The third-order valence-electron chi connectivity index (χ3n) is 5.47. The molecule has 2 aromatic carbocycles. The highest BCUT2D eigenvalue weighted by Gasteiger charge is 2.38. The van der Waals surface area contributed by atoms with Crippen LogP contribution in [0.25, 0.3) is 16.5 Å². The van der Waals surface area contributed by atoms with E-state index in [0.717, 1.165) is 27.7 Å². The SMILES string of the molecule is COC(=O)C1=C(C(=O)OC)c2c(n(C)c3ccccc23)C(c2ccccc2)C1. The van der Waals surface area contributed by atoms with Gasteiger partial charge < -0.3 is 14.0 Å². The Morgan fingerprint density at radius 1 is 0.929 bits per heavy atom. The molecule has 1 unspecified atom stereocenters. The zero-order valence-electron chi connectivity index (χ0n) is 16.1. The zero-order chi connectivity index (χ0) is 19.8. The van der Waals surface area contributed by atoms with E-state index in [1.54, 1.807) is 0 Å². The first kappa shape index (κ1) is 18.0. The summed E-state index contributed by atoms with van der Waals surface area (Å²) in [6, 6.07) is 17.9. The Hall–Kier alpha value is -3.34. The molecular weight excluding hydrogens is 354 g/mol. The standard InChI is InChI=1S/C23H21NO4/c1-24-18-12-8-7-11-15(18)19-20(23(26)28-3)17(22(25)27-2)13-16(21(19)24)14-9-5-4-6-10-14/h4-12,16H,13H2,1-3H3. The summed E-state index contributed by atoms with van der Waals surface area (Å²) in [7, 11) is 4.66. The minimum atomic E-state index is -0.524. The Balaban J connectivity index is 2.11. The van der Waals surface area contributed by atoms with Gasteiger partial charge in [-0.1, -0.05) is 48.5 Å². The van der Waals surface area contributed by atoms with Gasteiger partial charge in [-0.15, -0.1) is 0 Å². The van der Waals surface area contributed by atoms with E-state index in [2.05, 4.69) is 4.57 Å². The van der Waals surface area contributed by atoms with Gasteiger partial charge in [-0.2, -0.15) is 0 Å². The maximum Gasteiger partial charge on any atom is 0.339 e. The van der Waals surface area contributed by atoms with Crippen molar-refractivity contribution in [3.63, 3.8) is 0 Å². The Bertz CT molecular complexity index is 1110. The second-order valence-corrected chi connectivity index (χ2v) is 6.84. The number of nitrogens with zero attached hydrogens (tertiary/aromatic N) is 1. The van der Waals surface area contributed by atoms with E-state index in [-0.39, 0.29) is 5.92 Å². The topological polar surface area (TPSA) is 57.5 Å². The lowest BCUT2D eigenvalue weighted by atomic mass is 9.78. The van der Waals surface area contributed by atoms with E-state index in [4.69, 9.17) is 9.47 Å². The number of carbonyl (C=O) groups is 2. The van der Waals surface area contributed by atoms with Crippen LogP contribution in [0, 0.1) is 0 Å². The van der Waals surface area contributed by atoms with Crippen molar-refractivity contribution in [1.82, 2.24) is 4.57 Å². The molecule has 28 heavy (non-hydrogen) atoms. The largest absolute Gasteiger partial charge is 0.466 e. The molecule has 0 amide bonds. The first-order valence-corrected chi connectivity index (χ1v) is 9.10. The summed E-state index contributed by atoms with van der Waals surface area (Å²) in [5.74, 6) is -1.10. The third-order valence-corrected chi connectivity index (χ3v) is 5.47. The first-order valence-electron chi connectivity index (χ1n) is 9.10. The molecule has 0 saturated heterocycles. The highest BCUT2D eigenvalue weighted by Crippen LogP contribution is 2.46. The fourth-order valence-electron chi connectivity index (χ4n) is 4.23. The molecule has 5 nitrogen and oxygen atoms in total. The van der Waals surface area contributed by atoms with Crippen LogP contribution in [0.3, 0.4) is 0 Å². The number of hydrogen-bond donors (Lipinski definition) is 0. The van der Waals surface area contributed by atoms with Gasteiger partial charge >= 0.3 is 11.9 Å². The van der Waals surface area contributed by atoms with Crippen LogP contribution in [0.15, 0.2) is 60.2 Å². The number of fused-ring (bicyclic) bond motifs is 3. The van der Waals surface area contributed by atoms with Crippen LogP contribution in [0.2, 0.25) is 0 Å². The minimum Gasteiger partial charge on any atom is -0.466 e. The lowest BCUT2D eigenvalue weighted by molar-refractivity contribution is -0.138. The molecule has 142 valence electrons. The fourth-order valence-corrected chi connectivity index (χ4v) is 4.23. The van der Waals surface area contributed by atoms with Crippen LogP contribution in [0.4, 0.5) is 0 Å². The maximum atomic E-state index is 12.8. The van der Waals surface area contributed by atoms with Gasteiger partial charge in [-0.3, -0.25) is 0 Å². The summed E-state index contributed by atoms with van der Waals surface area (Å²) in [6.45, 7) is 0. The van der Waals surface area contributed by atoms with Crippen molar-refractivity contribution in [3.05, 3.63) is 77.0 Å². The molecule has 0 fully saturated rings. The van der Waals surface area contributed by atoms with Crippen molar-refractivity contribution >= 4 is 28.4 Å². The van der Waals surface area contributed by atoms with Gasteiger partial charge in [-0.05, 0) is 18.1 Å². The number of hydrogen-bond acceptors (Lipinski definition) is 4. The predicted molar refractivity (Wildman–Crippen MR) is 107 cm³/mol. The molecule has 5 heteroatoms. The molecule has 0 saturated carbocycles. The summed E-state index contributed by atoms with van der Waals surface area (Å²) < 4.78 is 12.2. The molecule has 1 aliphatic rings. The fraction of sp³-hybridized carbons (Fsp3) is 0.217. The highest BCUT2D eigenvalue weighted by molar-refractivity contribution is 6.26. The molecule has 0 bridgehead atoms. The number of esters is 2. The molecule has 0 radical (unpaired) electrons. The smallest absolute Gasteiger partial charge is 0.339 e. The van der Waals surface area contributed by atoms with Crippen LogP contribution in [0.5, 0.6) is 0 Å². The van der Waals surface area contributed by atoms with Crippen molar-refractivity contribution in [2.45, 2.75) is 12.3 Å².